The fourth-order valence-electron chi connectivity index (χ4n) is 3.39. The van der Waals surface area contributed by atoms with Gasteiger partial charge >= 0.3 is 0 Å². The van der Waals surface area contributed by atoms with Crippen LogP contribution < -0.4 is 10.6 Å². The van der Waals surface area contributed by atoms with Gasteiger partial charge in [-0.15, -0.1) is 11.8 Å². The Bertz CT molecular complexity index is 894. The van der Waals surface area contributed by atoms with Crippen molar-refractivity contribution in [3.8, 4) is 0 Å². The number of carbonyl (C=O) groups is 2. The first-order valence-corrected chi connectivity index (χ1v) is 10.9. The van der Waals surface area contributed by atoms with E-state index in [0.29, 0.717) is 5.69 Å². The van der Waals surface area contributed by atoms with E-state index in [4.69, 9.17) is 0 Å². The number of hydrogen-bond acceptors (Lipinski definition) is 5. The van der Waals surface area contributed by atoms with Crippen molar-refractivity contribution in [3.05, 3.63) is 58.6 Å². The molecule has 0 spiro atoms. The minimum absolute atomic E-state index is 0.0221. The third-order valence-corrected chi connectivity index (χ3v) is 6.24. The van der Waals surface area contributed by atoms with Crippen molar-refractivity contribution >= 4 is 40.6 Å². The van der Waals surface area contributed by atoms with E-state index in [-0.39, 0.29) is 28.7 Å². The second-order valence-electron chi connectivity index (χ2n) is 7.40. The lowest BCUT2D eigenvalue weighted by Gasteiger charge is -2.20. The molecule has 0 aliphatic heterocycles. The van der Waals surface area contributed by atoms with Crippen molar-refractivity contribution in [2.24, 2.45) is 5.92 Å². The predicted molar refractivity (Wildman–Crippen MR) is 119 cm³/mol. The molecule has 1 saturated carbocycles. The van der Waals surface area contributed by atoms with Gasteiger partial charge in [0.15, 0.2) is 0 Å². The van der Waals surface area contributed by atoms with Crippen molar-refractivity contribution in [3.63, 3.8) is 0 Å². The first kappa shape index (κ1) is 21.8. The summed E-state index contributed by atoms with van der Waals surface area (Å²) in [5.41, 5.74) is 1.25. The van der Waals surface area contributed by atoms with Gasteiger partial charge < -0.3 is 10.6 Å². The summed E-state index contributed by atoms with van der Waals surface area (Å²) in [6, 6.07) is 13.2. The Morgan fingerprint density at radius 2 is 1.53 bits per heavy atom. The van der Waals surface area contributed by atoms with Crippen LogP contribution in [0.5, 0.6) is 0 Å². The Balaban J connectivity index is 1.50. The maximum absolute atomic E-state index is 12.4. The van der Waals surface area contributed by atoms with E-state index in [1.165, 1.54) is 42.4 Å². The fourth-order valence-corrected chi connectivity index (χ4v) is 4.26. The summed E-state index contributed by atoms with van der Waals surface area (Å²) in [4.78, 5) is 35.9. The molecule has 1 fully saturated rings. The maximum atomic E-state index is 12.4. The third-order valence-electron chi connectivity index (χ3n) is 5.13. The van der Waals surface area contributed by atoms with Gasteiger partial charge in [-0.2, -0.15) is 0 Å². The lowest BCUT2D eigenvalue weighted by atomic mass is 9.88. The van der Waals surface area contributed by atoms with Crippen LogP contribution in [0.3, 0.4) is 0 Å². The van der Waals surface area contributed by atoms with Gasteiger partial charge in [0, 0.05) is 34.3 Å². The molecule has 1 aliphatic carbocycles. The summed E-state index contributed by atoms with van der Waals surface area (Å²) in [6.07, 6.45) is 5.37. The molecule has 7 nitrogen and oxygen atoms in total. The maximum Gasteiger partial charge on any atom is 0.269 e. The van der Waals surface area contributed by atoms with Gasteiger partial charge in [0.2, 0.25) is 11.8 Å². The molecule has 2 aromatic carbocycles. The van der Waals surface area contributed by atoms with Crippen LogP contribution in [0.1, 0.15) is 39.0 Å². The van der Waals surface area contributed by atoms with Crippen LogP contribution in [-0.4, -0.2) is 22.0 Å². The van der Waals surface area contributed by atoms with Crippen molar-refractivity contribution < 1.29 is 14.5 Å². The highest BCUT2D eigenvalue weighted by Crippen LogP contribution is 2.28. The normalized spacial score (nSPS) is 15.2. The number of nitro benzene ring substituents is 1. The van der Waals surface area contributed by atoms with Crippen LogP contribution in [0.15, 0.2) is 53.4 Å². The number of carbonyl (C=O) groups excluding carboxylic acids is 2. The molecule has 2 N–H and O–H groups in total. The second kappa shape index (κ2) is 10.2. The van der Waals surface area contributed by atoms with Gasteiger partial charge in [-0.25, -0.2) is 0 Å². The van der Waals surface area contributed by atoms with Crippen LogP contribution >= 0.6 is 11.8 Å². The average molecular weight is 428 g/mol. The van der Waals surface area contributed by atoms with E-state index in [9.17, 15) is 19.7 Å². The topological polar surface area (TPSA) is 101 Å². The molecule has 1 atom stereocenters. The lowest BCUT2D eigenvalue weighted by Crippen LogP contribution is -2.24. The van der Waals surface area contributed by atoms with Crippen molar-refractivity contribution in [1.82, 2.24) is 0 Å². The van der Waals surface area contributed by atoms with Gasteiger partial charge in [0.05, 0.1) is 10.2 Å². The van der Waals surface area contributed by atoms with Crippen LogP contribution in [0.25, 0.3) is 0 Å². The molecule has 0 heterocycles. The summed E-state index contributed by atoms with van der Waals surface area (Å²) < 4.78 is 0. The van der Waals surface area contributed by atoms with E-state index in [1.54, 1.807) is 6.92 Å². The molecule has 0 saturated heterocycles. The molecule has 2 amide bonds. The quantitative estimate of drug-likeness (QED) is 0.358. The average Bonchev–Trinajstić information content (AvgIpc) is 2.76. The number of hydrogen-bond donors (Lipinski definition) is 2. The number of nitrogens with zero attached hydrogens (tertiary/aromatic N) is 1. The lowest BCUT2D eigenvalue weighted by molar-refractivity contribution is -0.384. The Morgan fingerprint density at radius 1 is 0.967 bits per heavy atom. The van der Waals surface area contributed by atoms with E-state index >= 15 is 0 Å². The first-order valence-electron chi connectivity index (χ1n) is 10.1. The molecule has 0 radical (unpaired) electrons. The molecule has 30 heavy (non-hydrogen) atoms. The Morgan fingerprint density at radius 3 is 2.13 bits per heavy atom. The van der Waals surface area contributed by atoms with Gasteiger partial charge in [-0.3, -0.25) is 19.7 Å². The Labute approximate surface area is 179 Å². The highest BCUT2D eigenvalue weighted by molar-refractivity contribution is 8.00. The Kier molecular flexibility index (Phi) is 7.46. The minimum atomic E-state index is -0.481. The number of nitrogens with one attached hydrogen (secondary N) is 2. The molecular formula is C22H25N3O4S. The van der Waals surface area contributed by atoms with Crippen LogP contribution in [-0.2, 0) is 9.59 Å². The van der Waals surface area contributed by atoms with Crippen LogP contribution in [0.2, 0.25) is 0 Å². The zero-order valence-electron chi connectivity index (χ0n) is 16.8. The molecule has 3 rings (SSSR count). The van der Waals surface area contributed by atoms with Crippen molar-refractivity contribution in [2.75, 3.05) is 10.6 Å². The van der Waals surface area contributed by atoms with E-state index < -0.39 is 4.92 Å². The largest absolute Gasteiger partial charge is 0.326 e. The van der Waals surface area contributed by atoms with Gasteiger partial charge in [0.25, 0.3) is 5.69 Å². The SMILES string of the molecule is CC(Sc1ccc(NC(=O)C2CCCCC2)cc1)C(=O)Nc1ccc([N+](=O)[O-])cc1. The van der Waals surface area contributed by atoms with E-state index in [2.05, 4.69) is 10.6 Å². The number of benzene rings is 2. The molecular weight excluding hydrogens is 402 g/mol. The summed E-state index contributed by atoms with van der Waals surface area (Å²) in [5, 5.41) is 16.1. The standard InChI is InChI=1S/C22H25N3O4S/c1-15(21(26)23-17-7-11-19(12-8-17)25(28)29)30-20-13-9-18(10-14-20)24-22(27)16-5-3-2-4-6-16/h7-16H,2-6H2,1H3,(H,23,26)(H,24,27). The molecule has 158 valence electrons. The number of non-ortho nitro benzene ring substituents is 1. The molecule has 1 aliphatic rings. The van der Waals surface area contributed by atoms with Gasteiger partial charge in [0.1, 0.15) is 0 Å². The molecule has 1 unspecified atom stereocenters. The highest BCUT2D eigenvalue weighted by atomic mass is 32.2. The smallest absolute Gasteiger partial charge is 0.269 e. The summed E-state index contributed by atoms with van der Waals surface area (Å²) >= 11 is 1.40. The van der Waals surface area contributed by atoms with Gasteiger partial charge in [-0.1, -0.05) is 19.3 Å². The number of rotatable bonds is 7. The number of nitro groups is 1. The van der Waals surface area contributed by atoms with Crippen molar-refractivity contribution in [2.45, 2.75) is 49.2 Å². The first-order chi connectivity index (χ1) is 14.4. The van der Waals surface area contributed by atoms with Crippen molar-refractivity contribution in [1.29, 1.82) is 0 Å². The number of anilines is 2. The molecule has 2 aromatic rings. The van der Waals surface area contributed by atoms with E-state index in [0.717, 1.165) is 36.3 Å². The zero-order valence-corrected chi connectivity index (χ0v) is 17.6. The molecule has 8 heteroatoms. The molecule has 0 aromatic heterocycles. The zero-order chi connectivity index (χ0) is 21.5. The van der Waals surface area contributed by atoms with Crippen LogP contribution in [0, 0.1) is 16.0 Å². The van der Waals surface area contributed by atoms with Gasteiger partial charge in [-0.05, 0) is 56.2 Å². The summed E-state index contributed by atoms with van der Waals surface area (Å²) in [6.45, 7) is 1.80. The number of thioether (sulfide) groups is 1. The number of amides is 2. The monoisotopic (exact) mass is 427 g/mol. The minimum Gasteiger partial charge on any atom is -0.326 e. The second-order valence-corrected chi connectivity index (χ2v) is 8.82. The predicted octanol–water partition coefficient (Wildman–Crippen LogP) is 5.23. The summed E-state index contributed by atoms with van der Waals surface area (Å²) in [5.74, 6) is 0.00502. The summed E-state index contributed by atoms with van der Waals surface area (Å²) in [7, 11) is 0. The van der Waals surface area contributed by atoms with Crippen LogP contribution in [0.4, 0.5) is 17.1 Å². The Hall–Kier alpha value is -2.87. The fraction of sp³-hybridized carbons (Fsp3) is 0.364. The molecule has 0 bridgehead atoms. The highest BCUT2D eigenvalue weighted by Gasteiger charge is 2.21. The third kappa shape index (κ3) is 6.06. The van der Waals surface area contributed by atoms with E-state index in [1.807, 2.05) is 24.3 Å².